The van der Waals surface area contributed by atoms with Crippen LogP contribution in [0.3, 0.4) is 0 Å². The summed E-state index contributed by atoms with van der Waals surface area (Å²) in [5, 5.41) is 3.98. The van der Waals surface area contributed by atoms with Crippen LogP contribution in [0.15, 0.2) is 23.0 Å². The van der Waals surface area contributed by atoms with E-state index >= 15 is 0 Å². The van der Waals surface area contributed by atoms with Crippen molar-refractivity contribution in [2.75, 3.05) is 11.9 Å². The van der Waals surface area contributed by atoms with Gasteiger partial charge in [0.05, 0.1) is 15.7 Å². The third-order valence-corrected chi connectivity index (χ3v) is 3.74. The van der Waals surface area contributed by atoms with Crippen LogP contribution in [0, 0.1) is 0 Å². The third kappa shape index (κ3) is 1.78. The number of halogens is 2. The summed E-state index contributed by atoms with van der Waals surface area (Å²) in [6.45, 7) is 0.769. The van der Waals surface area contributed by atoms with E-state index in [4.69, 9.17) is 23.2 Å². The molecule has 0 bridgehead atoms. The first-order chi connectivity index (χ1) is 8.66. The minimum Gasteiger partial charge on any atom is -0.369 e. The second kappa shape index (κ2) is 4.30. The molecule has 0 fully saturated rings. The Balaban J connectivity index is 2.30. The highest BCUT2D eigenvalue weighted by Gasteiger charge is 2.20. The summed E-state index contributed by atoms with van der Waals surface area (Å²) in [5.74, 6) is 0.629. The molecule has 18 heavy (non-hydrogen) atoms. The minimum atomic E-state index is -0.394. The van der Waals surface area contributed by atoms with Gasteiger partial charge in [0, 0.05) is 17.7 Å². The van der Waals surface area contributed by atoms with Gasteiger partial charge >= 0.3 is 5.69 Å². The van der Waals surface area contributed by atoms with Gasteiger partial charge in [-0.1, -0.05) is 35.3 Å². The lowest BCUT2D eigenvalue weighted by atomic mass is 10.1. The minimum absolute atomic E-state index is 0.394. The molecule has 0 radical (unpaired) electrons. The summed E-state index contributed by atoms with van der Waals surface area (Å²) in [4.78, 5) is 18.2. The maximum absolute atomic E-state index is 11.5. The number of benzene rings is 1. The van der Waals surface area contributed by atoms with Gasteiger partial charge in [-0.3, -0.25) is 0 Å². The van der Waals surface area contributed by atoms with E-state index in [1.165, 1.54) is 0 Å². The number of nitrogens with one attached hydrogen (secondary N) is 2. The number of aromatic amines is 1. The van der Waals surface area contributed by atoms with Crippen molar-refractivity contribution in [1.29, 1.82) is 0 Å². The van der Waals surface area contributed by atoms with Crippen LogP contribution in [0.1, 0.15) is 5.56 Å². The zero-order chi connectivity index (χ0) is 12.7. The summed E-state index contributed by atoms with van der Waals surface area (Å²) >= 11 is 12.2. The van der Waals surface area contributed by atoms with Gasteiger partial charge in [0.25, 0.3) is 0 Å². The van der Waals surface area contributed by atoms with Gasteiger partial charge in [-0.05, 0) is 12.5 Å². The summed E-state index contributed by atoms with van der Waals surface area (Å²) in [7, 11) is 0. The first kappa shape index (κ1) is 11.6. The van der Waals surface area contributed by atoms with Gasteiger partial charge in [-0.2, -0.15) is 4.98 Å². The molecule has 0 saturated carbocycles. The molecule has 0 spiro atoms. The topological polar surface area (TPSA) is 57.8 Å². The number of anilines is 1. The van der Waals surface area contributed by atoms with Crippen LogP contribution in [0.4, 0.5) is 5.82 Å². The van der Waals surface area contributed by atoms with Crippen molar-refractivity contribution in [3.63, 3.8) is 0 Å². The van der Waals surface area contributed by atoms with Gasteiger partial charge in [0.1, 0.15) is 5.82 Å². The van der Waals surface area contributed by atoms with E-state index < -0.39 is 5.69 Å². The van der Waals surface area contributed by atoms with Crippen LogP contribution in [-0.4, -0.2) is 16.5 Å². The van der Waals surface area contributed by atoms with Crippen LogP contribution in [0.25, 0.3) is 11.3 Å². The predicted octanol–water partition coefficient (Wildman–Crippen LogP) is 2.71. The van der Waals surface area contributed by atoms with Crippen LogP contribution >= 0.6 is 23.2 Å². The molecule has 1 aromatic heterocycles. The molecule has 6 heteroatoms. The highest BCUT2D eigenvalue weighted by Crippen LogP contribution is 2.36. The SMILES string of the molecule is O=c1nc2c(c(-c3cccc(Cl)c3Cl)[nH]1)CCN2. The Bertz CT molecular complexity index is 682. The molecule has 0 saturated heterocycles. The Morgan fingerprint density at radius 2 is 2.11 bits per heavy atom. The number of hydrogen-bond donors (Lipinski definition) is 2. The van der Waals surface area contributed by atoms with Crippen LogP contribution in [-0.2, 0) is 6.42 Å². The lowest BCUT2D eigenvalue weighted by Crippen LogP contribution is -2.13. The zero-order valence-corrected chi connectivity index (χ0v) is 10.8. The number of fused-ring (bicyclic) bond motifs is 1. The lowest BCUT2D eigenvalue weighted by molar-refractivity contribution is 1.06. The number of aromatic nitrogens is 2. The predicted molar refractivity (Wildman–Crippen MR) is 72.5 cm³/mol. The van der Waals surface area contributed by atoms with E-state index in [-0.39, 0.29) is 0 Å². The molecular formula is C12H9Cl2N3O. The van der Waals surface area contributed by atoms with Gasteiger partial charge in [0.2, 0.25) is 0 Å². The molecule has 4 nitrogen and oxygen atoms in total. The van der Waals surface area contributed by atoms with Gasteiger partial charge in [-0.15, -0.1) is 0 Å². The Morgan fingerprint density at radius 3 is 2.94 bits per heavy atom. The molecule has 0 amide bonds. The fourth-order valence-electron chi connectivity index (χ4n) is 2.12. The first-order valence-corrected chi connectivity index (χ1v) is 6.24. The molecule has 2 N–H and O–H groups in total. The van der Waals surface area contributed by atoms with Crippen molar-refractivity contribution < 1.29 is 0 Å². The maximum atomic E-state index is 11.5. The van der Waals surface area contributed by atoms with Crippen molar-refractivity contribution in [2.24, 2.45) is 0 Å². The van der Waals surface area contributed by atoms with Crippen LogP contribution in [0.2, 0.25) is 10.0 Å². The van der Waals surface area contributed by atoms with Gasteiger partial charge in [0.15, 0.2) is 0 Å². The number of H-pyrrole nitrogens is 1. The molecule has 2 heterocycles. The molecule has 0 aliphatic carbocycles. The molecule has 1 aliphatic rings. The molecular weight excluding hydrogens is 273 g/mol. The Kier molecular flexibility index (Phi) is 2.76. The van der Waals surface area contributed by atoms with Crippen molar-refractivity contribution >= 4 is 29.0 Å². The molecule has 1 aromatic carbocycles. The lowest BCUT2D eigenvalue weighted by Gasteiger charge is -2.09. The smallest absolute Gasteiger partial charge is 0.347 e. The van der Waals surface area contributed by atoms with Crippen molar-refractivity contribution in [3.05, 3.63) is 44.3 Å². The summed E-state index contributed by atoms with van der Waals surface area (Å²) in [6, 6.07) is 5.35. The molecule has 92 valence electrons. The van der Waals surface area contributed by atoms with Crippen molar-refractivity contribution in [1.82, 2.24) is 9.97 Å². The average molecular weight is 282 g/mol. The zero-order valence-electron chi connectivity index (χ0n) is 9.26. The average Bonchev–Trinajstić information content (AvgIpc) is 2.79. The van der Waals surface area contributed by atoms with E-state index in [2.05, 4.69) is 15.3 Å². The van der Waals surface area contributed by atoms with E-state index in [1.54, 1.807) is 12.1 Å². The van der Waals surface area contributed by atoms with Crippen LogP contribution < -0.4 is 11.0 Å². The highest BCUT2D eigenvalue weighted by molar-refractivity contribution is 6.43. The summed E-state index contributed by atoms with van der Waals surface area (Å²) in [6.07, 6.45) is 0.803. The van der Waals surface area contributed by atoms with E-state index in [0.29, 0.717) is 21.6 Å². The quantitative estimate of drug-likeness (QED) is 0.845. The second-order valence-electron chi connectivity index (χ2n) is 4.02. The highest BCUT2D eigenvalue weighted by atomic mass is 35.5. The molecule has 2 aromatic rings. The standard InChI is InChI=1S/C12H9Cl2N3O/c13-8-3-1-2-6(9(8)14)10-7-4-5-15-11(7)17-12(18)16-10/h1-3H,4-5H2,(H2,15,16,17,18). The van der Waals surface area contributed by atoms with Gasteiger partial charge < -0.3 is 10.3 Å². The third-order valence-electron chi connectivity index (χ3n) is 2.92. The normalized spacial score (nSPS) is 13.2. The fourth-order valence-corrected chi connectivity index (χ4v) is 2.52. The number of nitrogens with zero attached hydrogens (tertiary/aromatic N) is 1. The molecule has 0 unspecified atom stereocenters. The Labute approximate surface area is 113 Å². The second-order valence-corrected chi connectivity index (χ2v) is 4.81. The molecule has 1 aliphatic heterocycles. The molecule has 3 rings (SSSR count). The summed E-state index contributed by atoms with van der Waals surface area (Å²) < 4.78 is 0. The van der Waals surface area contributed by atoms with E-state index in [1.807, 2.05) is 6.07 Å². The van der Waals surface area contributed by atoms with Gasteiger partial charge in [-0.25, -0.2) is 4.79 Å². The maximum Gasteiger partial charge on any atom is 0.347 e. The van der Waals surface area contributed by atoms with E-state index in [0.717, 1.165) is 24.1 Å². The monoisotopic (exact) mass is 281 g/mol. The van der Waals surface area contributed by atoms with Crippen LogP contribution in [0.5, 0.6) is 0 Å². The number of rotatable bonds is 1. The summed E-state index contributed by atoms with van der Waals surface area (Å²) in [5.41, 5.74) is 2.00. The molecule has 0 atom stereocenters. The van der Waals surface area contributed by atoms with E-state index in [9.17, 15) is 4.79 Å². The Morgan fingerprint density at radius 1 is 1.28 bits per heavy atom. The Hall–Kier alpha value is -1.52. The largest absolute Gasteiger partial charge is 0.369 e. The first-order valence-electron chi connectivity index (χ1n) is 5.48. The van der Waals surface area contributed by atoms with Crippen molar-refractivity contribution in [3.8, 4) is 11.3 Å². The van der Waals surface area contributed by atoms with Crippen molar-refractivity contribution in [2.45, 2.75) is 6.42 Å². The fraction of sp³-hybridized carbons (Fsp3) is 0.167. The number of hydrogen-bond acceptors (Lipinski definition) is 3.